The van der Waals surface area contributed by atoms with Crippen molar-refractivity contribution >= 4 is 23.3 Å². The predicted octanol–water partition coefficient (Wildman–Crippen LogP) is 1.77. The van der Waals surface area contributed by atoms with Crippen LogP contribution in [0.4, 0.5) is 17.3 Å². The molecule has 0 saturated carbocycles. The third-order valence-electron chi connectivity index (χ3n) is 3.13. The average Bonchev–Trinajstić information content (AvgIpc) is 2.97. The van der Waals surface area contributed by atoms with Crippen molar-refractivity contribution in [3.63, 3.8) is 0 Å². The minimum absolute atomic E-state index is 0.154. The van der Waals surface area contributed by atoms with E-state index in [1.807, 2.05) is 30.3 Å². The Morgan fingerprint density at radius 1 is 1.26 bits per heavy atom. The molecule has 0 atom stereocenters. The van der Waals surface area contributed by atoms with E-state index in [2.05, 4.69) is 25.1 Å². The van der Waals surface area contributed by atoms with Crippen molar-refractivity contribution in [2.45, 2.75) is 0 Å². The van der Waals surface area contributed by atoms with Crippen LogP contribution in [0.3, 0.4) is 0 Å². The first kappa shape index (κ1) is 14.5. The van der Waals surface area contributed by atoms with Crippen LogP contribution in [0, 0.1) is 0 Å². The minimum atomic E-state index is -0.551. The number of nitrogens with two attached hydrogens (primary N) is 1. The molecule has 3 N–H and O–H groups in total. The third kappa shape index (κ3) is 2.95. The van der Waals surface area contributed by atoms with Crippen LogP contribution in [0.25, 0.3) is 5.82 Å². The normalized spacial score (nSPS) is 10.3. The Morgan fingerprint density at radius 2 is 2.04 bits per heavy atom. The van der Waals surface area contributed by atoms with Gasteiger partial charge in [0.05, 0.1) is 13.3 Å². The van der Waals surface area contributed by atoms with Crippen molar-refractivity contribution in [3.8, 4) is 5.82 Å². The number of nitrogens with zero attached hydrogens (tertiary/aromatic N) is 4. The highest BCUT2D eigenvalue weighted by Crippen LogP contribution is 2.19. The number of hydrogen-bond donors (Lipinski definition) is 2. The van der Waals surface area contributed by atoms with Gasteiger partial charge in [-0.1, -0.05) is 18.2 Å². The number of anilines is 3. The molecule has 2 heterocycles. The Bertz CT molecular complexity index is 831. The van der Waals surface area contributed by atoms with Gasteiger partial charge in [0.1, 0.15) is 23.5 Å². The molecule has 0 spiro atoms. The van der Waals surface area contributed by atoms with E-state index in [-0.39, 0.29) is 11.4 Å². The van der Waals surface area contributed by atoms with Crippen LogP contribution in [0.5, 0.6) is 0 Å². The second-order valence-corrected chi connectivity index (χ2v) is 4.60. The lowest BCUT2D eigenvalue weighted by Gasteiger charge is -2.08. The quantitative estimate of drug-likeness (QED) is 0.707. The van der Waals surface area contributed by atoms with Gasteiger partial charge >= 0.3 is 5.97 Å². The monoisotopic (exact) mass is 310 g/mol. The lowest BCUT2D eigenvalue weighted by Crippen LogP contribution is -2.09. The van der Waals surface area contributed by atoms with Gasteiger partial charge in [-0.25, -0.2) is 14.8 Å². The van der Waals surface area contributed by atoms with Gasteiger partial charge in [0.15, 0.2) is 5.82 Å². The standard InChI is InChI=1S/C15H14N6O2/c1-23-15(22)11-8-19-21(14(11)16)13-7-12(17-9-18-13)20-10-5-3-2-4-6-10/h2-9H,16H2,1H3,(H,17,18,20). The number of carbonyl (C=O) groups excluding carboxylic acids is 1. The van der Waals surface area contributed by atoms with Gasteiger partial charge < -0.3 is 15.8 Å². The van der Waals surface area contributed by atoms with E-state index in [9.17, 15) is 4.79 Å². The summed E-state index contributed by atoms with van der Waals surface area (Å²) in [6.45, 7) is 0. The second-order valence-electron chi connectivity index (χ2n) is 4.60. The predicted molar refractivity (Wildman–Crippen MR) is 84.6 cm³/mol. The SMILES string of the molecule is COC(=O)c1cnn(-c2cc(Nc3ccccc3)ncn2)c1N. The molecule has 3 aromatic rings. The number of carbonyl (C=O) groups is 1. The fourth-order valence-electron chi connectivity index (χ4n) is 2.01. The lowest BCUT2D eigenvalue weighted by atomic mass is 10.3. The first-order chi connectivity index (χ1) is 11.2. The highest BCUT2D eigenvalue weighted by atomic mass is 16.5. The van der Waals surface area contributed by atoms with Crippen molar-refractivity contribution in [1.82, 2.24) is 19.7 Å². The molecular weight excluding hydrogens is 296 g/mol. The Hall–Kier alpha value is -3.42. The fourth-order valence-corrected chi connectivity index (χ4v) is 2.01. The second kappa shape index (κ2) is 6.14. The van der Waals surface area contributed by atoms with Gasteiger partial charge in [0.2, 0.25) is 0 Å². The van der Waals surface area contributed by atoms with Crippen molar-refractivity contribution in [1.29, 1.82) is 0 Å². The molecule has 0 aliphatic heterocycles. The van der Waals surface area contributed by atoms with E-state index in [4.69, 9.17) is 5.73 Å². The van der Waals surface area contributed by atoms with Crippen LogP contribution in [0.2, 0.25) is 0 Å². The number of rotatable bonds is 4. The summed E-state index contributed by atoms with van der Waals surface area (Å²) in [6.07, 6.45) is 2.73. The van der Waals surface area contributed by atoms with Crippen LogP contribution in [0.1, 0.15) is 10.4 Å². The Kier molecular flexibility index (Phi) is 3.88. The van der Waals surface area contributed by atoms with E-state index in [0.29, 0.717) is 11.6 Å². The summed E-state index contributed by atoms with van der Waals surface area (Å²) in [5.74, 6) is 0.619. The van der Waals surface area contributed by atoms with Gasteiger partial charge in [-0.2, -0.15) is 9.78 Å². The molecule has 8 heteroatoms. The molecule has 8 nitrogen and oxygen atoms in total. The van der Waals surface area contributed by atoms with Gasteiger partial charge in [-0.05, 0) is 12.1 Å². The number of methoxy groups -OCH3 is 1. The molecule has 0 radical (unpaired) electrons. The molecule has 0 bridgehead atoms. The number of para-hydroxylation sites is 1. The Balaban J connectivity index is 1.91. The molecule has 0 aliphatic carbocycles. The van der Waals surface area contributed by atoms with Crippen LogP contribution >= 0.6 is 0 Å². The smallest absolute Gasteiger partial charge is 0.343 e. The Labute approximate surface area is 131 Å². The zero-order chi connectivity index (χ0) is 16.2. The molecule has 0 unspecified atom stereocenters. The van der Waals surface area contributed by atoms with E-state index in [1.54, 1.807) is 6.07 Å². The molecule has 2 aromatic heterocycles. The summed E-state index contributed by atoms with van der Waals surface area (Å²) < 4.78 is 6.00. The average molecular weight is 310 g/mol. The van der Waals surface area contributed by atoms with Gasteiger partial charge in [-0.15, -0.1) is 0 Å². The molecule has 0 fully saturated rings. The molecule has 0 aliphatic rings. The van der Waals surface area contributed by atoms with Gasteiger partial charge in [-0.3, -0.25) is 0 Å². The first-order valence-electron chi connectivity index (χ1n) is 6.75. The summed E-state index contributed by atoms with van der Waals surface area (Å²) in [7, 11) is 1.28. The zero-order valence-electron chi connectivity index (χ0n) is 12.3. The summed E-state index contributed by atoms with van der Waals surface area (Å²) >= 11 is 0. The fraction of sp³-hybridized carbons (Fsp3) is 0.0667. The van der Waals surface area contributed by atoms with E-state index in [1.165, 1.54) is 24.3 Å². The topological polar surface area (TPSA) is 108 Å². The summed E-state index contributed by atoms with van der Waals surface area (Å²) in [6, 6.07) is 11.3. The molecular formula is C15H14N6O2. The van der Waals surface area contributed by atoms with Crippen molar-refractivity contribution in [3.05, 3.63) is 54.5 Å². The molecule has 3 rings (SSSR count). The number of hydrogen-bond acceptors (Lipinski definition) is 7. The highest BCUT2D eigenvalue weighted by Gasteiger charge is 2.17. The number of nitrogen functional groups attached to an aromatic ring is 1. The number of esters is 1. The molecule has 23 heavy (non-hydrogen) atoms. The maximum atomic E-state index is 11.6. The lowest BCUT2D eigenvalue weighted by molar-refractivity contribution is 0.0602. The maximum absolute atomic E-state index is 11.6. The highest BCUT2D eigenvalue weighted by molar-refractivity contribution is 5.94. The third-order valence-corrected chi connectivity index (χ3v) is 3.13. The minimum Gasteiger partial charge on any atom is -0.465 e. The summed E-state index contributed by atoms with van der Waals surface area (Å²) in [4.78, 5) is 19.9. The first-order valence-corrected chi connectivity index (χ1v) is 6.75. The molecule has 116 valence electrons. The molecule has 0 saturated heterocycles. The number of benzene rings is 1. The molecule has 1 aromatic carbocycles. The van der Waals surface area contributed by atoms with E-state index >= 15 is 0 Å². The largest absolute Gasteiger partial charge is 0.465 e. The van der Waals surface area contributed by atoms with Crippen LogP contribution in [-0.4, -0.2) is 32.8 Å². The van der Waals surface area contributed by atoms with Crippen LogP contribution in [-0.2, 0) is 4.74 Å². The Morgan fingerprint density at radius 3 is 2.78 bits per heavy atom. The summed E-state index contributed by atoms with van der Waals surface area (Å²) in [5.41, 5.74) is 7.01. The van der Waals surface area contributed by atoms with Crippen molar-refractivity contribution < 1.29 is 9.53 Å². The number of nitrogens with one attached hydrogen (secondary N) is 1. The van der Waals surface area contributed by atoms with Crippen molar-refractivity contribution in [2.75, 3.05) is 18.2 Å². The number of aromatic nitrogens is 4. The van der Waals surface area contributed by atoms with Crippen molar-refractivity contribution in [2.24, 2.45) is 0 Å². The molecule has 0 amide bonds. The number of ether oxygens (including phenoxy) is 1. The van der Waals surface area contributed by atoms with E-state index < -0.39 is 5.97 Å². The summed E-state index contributed by atoms with van der Waals surface area (Å²) in [5, 5.41) is 7.23. The zero-order valence-corrected chi connectivity index (χ0v) is 12.3. The van der Waals surface area contributed by atoms with Gasteiger partial charge in [0.25, 0.3) is 0 Å². The van der Waals surface area contributed by atoms with Crippen LogP contribution < -0.4 is 11.1 Å². The van der Waals surface area contributed by atoms with Gasteiger partial charge in [0, 0.05) is 11.8 Å². The maximum Gasteiger partial charge on any atom is 0.343 e. The van der Waals surface area contributed by atoms with Crippen LogP contribution in [0.15, 0.2) is 48.9 Å². The van der Waals surface area contributed by atoms with E-state index in [0.717, 1.165) is 5.69 Å².